The largest absolute Gasteiger partial charge is 0.337 e. The fourth-order valence-corrected chi connectivity index (χ4v) is 4.00. The van der Waals surface area contributed by atoms with Crippen LogP contribution in [0.15, 0.2) is 48.5 Å². The lowest BCUT2D eigenvalue weighted by Crippen LogP contribution is -2.39. The van der Waals surface area contributed by atoms with Gasteiger partial charge in [0, 0.05) is 35.8 Å². The minimum absolute atomic E-state index is 0. The second-order valence-corrected chi connectivity index (χ2v) is 7.62. The monoisotopic (exact) mass is 419 g/mol. The van der Waals surface area contributed by atoms with Crippen LogP contribution in [0.4, 0.5) is 5.69 Å². The van der Waals surface area contributed by atoms with E-state index in [1.165, 1.54) is 6.42 Å². The van der Waals surface area contributed by atoms with Crippen LogP contribution in [0.5, 0.6) is 0 Å². The van der Waals surface area contributed by atoms with Crippen LogP contribution in [0.25, 0.3) is 0 Å². The van der Waals surface area contributed by atoms with Crippen LogP contribution in [0.1, 0.15) is 40.0 Å². The van der Waals surface area contributed by atoms with Crippen molar-refractivity contribution < 1.29 is 9.59 Å². The molecule has 2 aliphatic rings. The molecule has 2 unspecified atom stereocenters. The smallest absolute Gasteiger partial charge is 0.256 e. The Morgan fingerprint density at radius 1 is 1.00 bits per heavy atom. The van der Waals surface area contributed by atoms with Gasteiger partial charge < -0.3 is 15.5 Å². The van der Waals surface area contributed by atoms with Crippen LogP contribution in [-0.4, -0.2) is 41.9 Å². The number of nitrogens with zero attached hydrogens (tertiary/aromatic N) is 1. The number of fused-ring (bicyclic) bond motifs is 2. The Hall–Kier alpha value is -2.08. The molecule has 4 rings (SSSR count). The van der Waals surface area contributed by atoms with Crippen molar-refractivity contribution in [3.63, 3.8) is 0 Å². The van der Waals surface area contributed by atoms with Crippen LogP contribution in [0, 0.1) is 0 Å². The molecule has 2 amide bonds. The van der Waals surface area contributed by atoms with Crippen LogP contribution in [0.3, 0.4) is 0 Å². The van der Waals surface area contributed by atoms with E-state index in [1.807, 2.05) is 17.0 Å². The normalized spacial score (nSPS) is 20.8. The summed E-state index contributed by atoms with van der Waals surface area (Å²) in [5.74, 6) is -0.292. The van der Waals surface area contributed by atoms with Crippen LogP contribution in [-0.2, 0) is 0 Å². The van der Waals surface area contributed by atoms with Crippen LogP contribution >= 0.6 is 24.0 Å². The van der Waals surface area contributed by atoms with Crippen molar-refractivity contribution >= 4 is 41.5 Å². The molecular formula is C21H23Cl2N3O2. The number of hydrogen-bond acceptors (Lipinski definition) is 3. The van der Waals surface area contributed by atoms with Gasteiger partial charge in [-0.2, -0.15) is 0 Å². The van der Waals surface area contributed by atoms with E-state index < -0.39 is 0 Å². The lowest BCUT2D eigenvalue weighted by molar-refractivity contribution is 0.0749. The molecule has 5 nitrogen and oxygen atoms in total. The predicted molar refractivity (Wildman–Crippen MR) is 114 cm³/mol. The summed E-state index contributed by atoms with van der Waals surface area (Å²) in [6, 6.07) is 14.8. The number of rotatable bonds is 3. The molecule has 0 spiro atoms. The molecule has 2 aromatic rings. The molecule has 2 aromatic carbocycles. The molecule has 7 heteroatoms. The van der Waals surface area contributed by atoms with Gasteiger partial charge in [0.15, 0.2) is 0 Å². The average molecular weight is 420 g/mol. The zero-order valence-corrected chi connectivity index (χ0v) is 16.9. The molecule has 2 heterocycles. The van der Waals surface area contributed by atoms with E-state index in [2.05, 4.69) is 10.6 Å². The first-order valence-electron chi connectivity index (χ1n) is 9.31. The molecule has 0 saturated carbocycles. The van der Waals surface area contributed by atoms with Gasteiger partial charge in [-0.15, -0.1) is 12.4 Å². The number of nitrogens with one attached hydrogen (secondary N) is 2. The van der Waals surface area contributed by atoms with Gasteiger partial charge in [-0.05, 0) is 55.7 Å². The van der Waals surface area contributed by atoms with E-state index in [-0.39, 0.29) is 24.2 Å². The van der Waals surface area contributed by atoms with Crippen molar-refractivity contribution in [2.75, 3.05) is 18.4 Å². The van der Waals surface area contributed by atoms with Crippen LogP contribution in [0.2, 0.25) is 5.02 Å². The van der Waals surface area contributed by atoms with Gasteiger partial charge in [0.1, 0.15) is 0 Å². The van der Waals surface area contributed by atoms with E-state index in [0.717, 1.165) is 25.9 Å². The van der Waals surface area contributed by atoms with E-state index in [4.69, 9.17) is 11.6 Å². The molecule has 2 N–H and O–H groups in total. The lowest BCUT2D eigenvalue weighted by Gasteiger charge is -2.25. The average Bonchev–Trinajstić information content (AvgIpc) is 3.01. The predicted octanol–water partition coefficient (Wildman–Crippen LogP) is 3.98. The zero-order valence-electron chi connectivity index (χ0n) is 15.4. The highest BCUT2D eigenvalue weighted by Gasteiger charge is 2.32. The number of carbonyl (C=O) groups excluding carboxylic acids is 2. The highest BCUT2D eigenvalue weighted by molar-refractivity contribution is 6.30. The minimum atomic E-state index is -0.261. The Morgan fingerprint density at radius 2 is 1.71 bits per heavy atom. The van der Waals surface area contributed by atoms with E-state index in [0.29, 0.717) is 33.9 Å². The number of likely N-dealkylation sites (tertiary alicyclic amines) is 1. The Morgan fingerprint density at radius 3 is 2.50 bits per heavy atom. The number of para-hydroxylation sites is 1. The summed E-state index contributed by atoms with van der Waals surface area (Å²) in [4.78, 5) is 27.6. The summed E-state index contributed by atoms with van der Waals surface area (Å²) in [5, 5.41) is 7.03. The highest BCUT2D eigenvalue weighted by atomic mass is 35.5. The quantitative estimate of drug-likeness (QED) is 0.790. The Balaban J connectivity index is 0.00000225. The van der Waals surface area contributed by atoms with Gasteiger partial charge in [-0.3, -0.25) is 9.59 Å². The van der Waals surface area contributed by atoms with Gasteiger partial charge in [0.2, 0.25) is 0 Å². The molecule has 28 heavy (non-hydrogen) atoms. The molecule has 2 atom stereocenters. The van der Waals surface area contributed by atoms with E-state index >= 15 is 0 Å². The molecule has 2 fully saturated rings. The van der Waals surface area contributed by atoms with Crippen LogP contribution < -0.4 is 10.6 Å². The Labute approximate surface area is 175 Å². The van der Waals surface area contributed by atoms with Gasteiger partial charge in [0.25, 0.3) is 11.8 Å². The third-order valence-electron chi connectivity index (χ3n) is 5.32. The topological polar surface area (TPSA) is 61.4 Å². The van der Waals surface area contributed by atoms with Crippen molar-refractivity contribution in [3.8, 4) is 0 Å². The van der Waals surface area contributed by atoms with Crippen molar-refractivity contribution in [1.82, 2.24) is 10.2 Å². The van der Waals surface area contributed by atoms with Gasteiger partial charge in [-0.1, -0.05) is 23.7 Å². The fourth-order valence-electron chi connectivity index (χ4n) is 3.87. The number of carbonyl (C=O) groups is 2. The first kappa shape index (κ1) is 20.6. The first-order valence-corrected chi connectivity index (χ1v) is 9.69. The van der Waals surface area contributed by atoms with Crippen molar-refractivity contribution in [2.24, 2.45) is 0 Å². The molecule has 2 bridgehead atoms. The number of anilines is 1. The maximum atomic E-state index is 13.1. The maximum absolute atomic E-state index is 13.1. The van der Waals surface area contributed by atoms with Gasteiger partial charge >= 0.3 is 0 Å². The number of benzene rings is 2. The molecule has 148 valence electrons. The van der Waals surface area contributed by atoms with Gasteiger partial charge in [0.05, 0.1) is 11.3 Å². The third-order valence-corrected chi connectivity index (χ3v) is 5.57. The molecule has 0 aliphatic carbocycles. The third kappa shape index (κ3) is 4.49. The summed E-state index contributed by atoms with van der Waals surface area (Å²) in [7, 11) is 0. The summed E-state index contributed by atoms with van der Waals surface area (Å²) in [6.07, 6.45) is 3.28. The number of amides is 2. The summed E-state index contributed by atoms with van der Waals surface area (Å²) in [6.45, 7) is 1.46. The second kappa shape index (κ2) is 8.95. The Kier molecular flexibility index (Phi) is 6.60. The molecule has 0 radical (unpaired) electrons. The van der Waals surface area contributed by atoms with E-state index in [1.54, 1.807) is 36.4 Å². The molecule has 2 saturated heterocycles. The molecule has 2 aliphatic heterocycles. The maximum Gasteiger partial charge on any atom is 0.256 e. The Bertz CT molecular complexity index is 857. The second-order valence-electron chi connectivity index (χ2n) is 7.18. The molecular weight excluding hydrogens is 397 g/mol. The SMILES string of the molecule is Cl.O=C(Nc1ccccc1C(=O)N1CCC2CCC(C1)N2)c1ccc(Cl)cc1. The first-order chi connectivity index (χ1) is 13.1. The number of halogens is 2. The van der Waals surface area contributed by atoms with Gasteiger partial charge in [-0.25, -0.2) is 0 Å². The summed E-state index contributed by atoms with van der Waals surface area (Å²) < 4.78 is 0. The van der Waals surface area contributed by atoms with Crippen molar-refractivity contribution in [3.05, 3.63) is 64.7 Å². The van der Waals surface area contributed by atoms with E-state index in [9.17, 15) is 9.59 Å². The standard InChI is InChI=1S/C21H22ClN3O2.ClH/c22-15-7-5-14(6-8-15)20(26)24-19-4-2-1-3-18(19)21(27)25-12-11-16-9-10-17(13-25)23-16;/h1-8,16-17,23H,9-13H2,(H,24,26);1H. The summed E-state index contributed by atoms with van der Waals surface area (Å²) >= 11 is 5.88. The van der Waals surface area contributed by atoms with Crippen molar-refractivity contribution in [2.45, 2.75) is 31.3 Å². The number of hydrogen-bond donors (Lipinski definition) is 2. The minimum Gasteiger partial charge on any atom is -0.337 e. The van der Waals surface area contributed by atoms with Crippen molar-refractivity contribution in [1.29, 1.82) is 0 Å². The lowest BCUT2D eigenvalue weighted by atomic mass is 10.1. The summed E-state index contributed by atoms with van der Waals surface area (Å²) in [5.41, 5.74) is 1.56. The molecule has 0 aromatic heterocycles. The highest BCUT2D eigenvalue weighted by Crippen LogP contribution is 2.24. The zero-order chi connectivity index (χ0) is 18.8. The fraction of sp³-hybridized carbons (Fsp3) is 0.333.